The summed E-state index contributed by atoms with van der Waals surface area (Å²) in [5, 5.41) is 11.5. The first kappa shape index (κ1) is 16.0. The van der Waals surface area contributed by atoms with E-state index in [2.05, 4.69) is 22.8 Å². The van der Waals surface area contributed by atoms with Gasteiger partial charge in [-0.25, -0.2) is 0 Å². The monoisotopic (exact) mass is 374 g/mol. The number of hydrogen-bond donors (Lipinski definition) is 0. The summed E-state index contributed by atoms with van der Waals surface area (Å²) in [6.07, 6.45) is 0. The Morgan fingerprint density at radius 3 is 2.78 bits per heavy atom. The molecule has 0 bridgehead atoms. The number of nitrogens with zero attached hydrogens (tertiary/aromatic N) is 2. The minimum absolute atomic E-state index is 0.0532. The van der Waals surface area contributed by atoms with Crippen molar-refractivity contribution in [1.29, 1.82) is 5.26 Å². The molecule has 0 amide bonds. The van der Waals surface area contributed by atoms with E-state index in [1.54, 1.807) is 0 Å². The highest BCUT2D eigenvalue weighted by atomic mass is 35.5. The van der Waals surface area contributed by atoms with Gasteiger partial charge in [-0.05, 0) is 17.7 Å². The van der Waals surface area contributed by atoms with Gasteiger partial charge in [0.1, 0.15) is 24.2 Å². The fourth-order valence-electron chi connectivity index (χ4n) is 3.94. The van der Waals surface area contributed by atoms with E-state index in [0.717, 1.165) is 45.2 Å². The second-order valence-electron chi connectivity index (χ2n) is 6.42. The van der Waals surface area contributed by atoms with Crippen molar-refractivity contribution < 1.29 is 9.47 Å². The van der Waals surface area contributed by atoms with Crippen LogP contribution in [-0.2, 0) is 6.54 Å². The lowest BCUT2D eigenvalue weighted by atomic mass is 10.0. The number of halogens is 1. The van der Waals surface area contributed by atoms with Crippen molar-refractivity contribution in [3.05, 3.63) is 59.6 Å². The molecule has 4 nitrogen and oxygen atoms in total. The van der Waals surface area contributed by atoms with Crippen LogP contribution in [0.25, 0.3) is 32.9 Å². The van der Waals surface area contributed by atoms with Gasteiger partial charge in [-0.2, -0.15) is 5.26 Å². The van der Waals surface area contributed by atoms with Crippen LogP contribution in [0, 0.1) is 11.3 Å². The van der Waals surface area contributed by atoms with Crippen LogP contribution in [0.3, 0.4) is 0 Å². The highest BCUT2D eigenvalue weighted by Crippen LogP contribution is 2.47. The highest BCUT2D eigenvalue weighted by molar-refractivity contribution is 6.35. The number of nitriles is 1. The van der Waals surface area contributed by atoms with Crippen molar-refractivity contribution >= 4 is 33.4 Å². The topological polar surface area (TPSA) is 47.2 Å². The first-order valence-electron chi connectivity index (χ1n) is 8.75. The zero-order valence-electron chi connectivity index (χ0n) is 14.4. The molecule has 1 aliphatic rings. The molecule has 1 aromatic heterocycles. The lowest BCUT2D eigenvalue weighted by Gasteiger charge is -2.19. The van der Waals surface area contributed by atoms with Gasteiger partial charge in [0.2, 0.25) is 0 Å². The van der Waals surface area contributed by atoms with E-state index < -0.39 is 0 Å². The molecule has 5 heteroatoms. The van der Waals surface area contributed by atoms with E-state index in [0.29, 0.717) is 17.4 Å². The zero-order chi connectivity index (χ0) is 18.4. The molecule has 132 valence electrons. The summed E-state index contributed by atoms with van der Waals surface area (Å²) in [5.41, 5.74) is 4.23. The minimum atomic E-state index is -0.0532. The second-order valence-corrected chi connectivity index (χ2v) is 6.83. The molecule has 0 unspecified atom stereocenters. The maximum absolute atomic E-state index is 9.00. The summed E-state index contributed by atoms with van der Waals surface area (Å²) < 4.78 is 13.9. The summed E-state index contributed by atoms with van der Waals surface area (Å²) in [6, 6.07) is 20.2. The van der Waals surface area contributed by atoms with Crippen LogP contribution in [0.1, 0.15) is 0 Å². The van der Waals surface area contributed by atoms with Gasteiger partial charge in [-0.1, -0.05) is 54.1 Å². The molecule has 0 fully saturated rings. The average molecular weight is 375 g/mol. The van der Waals surface area contributed by atoms with E-state index >= 15 is 0 Å². The third-order valence-electron chi connectivity index (χ3n) is 4.95. The fraction of sp³-hybridized carbons (Fsp3) is 0.136. The van der Waals surface area contributed by atoms with Crippen LogP contribution in [0.5, 0.6) is 11.5 Å². The zero-order valence-corrected chi connectivity index (χ0v) is 15.2. The van der Waals surface area contributed by atoms with E-state index in [1.807, 2.05) is 42.5 Å². The molecule has 0 spiro atoms. The third kappa shape index (κ3) is 2.36. The van der Waals surface area contributed by atoms with Gasteiger partial charge in [0.25, 0.3) is 0 Å². The second kappa shape index (κ2) is 6.22. The van der Waals surface area contributed by atoms with Crippen LogP contribution >= 0.6 is 11.6 Å². The van der Waals surface area contributed by atoms with E-state index in [1.165, 1.54) is 0 Å². The largest absolute Gasteiger partial charge is 0.490 e. The molecule has 27 heavy (non-hydrogen) atoms. The molecule has 2 heterocycles. The van der Waals surface area contributed by atoms with Crippen LogP contribution in [-0.4, -0.2) is 17.8 Å². The molecule has 5 rings (SSSR count). The predicted molar refractivity (Wildman–Crippen MR) is 106 cm³/mol. The van der Waals surface area contributed by atoms with Crippen molar-refractivity contribution in [2.45, 2.75) is 6.54 Å². The number of benzene rings is 3. The Morgan fingerprint density at radius 2 is 1.96 bits per heavy atom. The molecule has 0 aliphatic carbocycles. The normalized spacial score (nSPS) is 12.7. The number of hydrogen-bond acceptors (Lipinski definition) is 3. The van der Waals surface area contributed by atoms with E-state index in [4.69, 9.17) is 26.3 Å². The smallest absolute Gasteiger partial charge is 0.174 e. The maximum Gasteiger partial charge on any atom is 0.174 e. The Balaban J connectivity index is 1.98. The van der Waals surface area contributed by atoms with E-state index in [9.17, 15) is 0 Å². The maximum atomic E-state index is 9.00. The Hall–Kier alpha value is -3.16. The first-order chi connectivity index (χ1) is 13.3. The number of para-hydroxylation sites is 1. The molecule has 1 aliphatic heterocycles. The Bertz CT molecular complexity index is 1220. The predicted octanol–water partition coefficient (Wildman–Crippen LogP) is 5.41. The summed E-state index contributed by atoms with van der Waals surface area (Å²) >= 11 is 6.63. The van der Waals surface area contributed by atoms with E-state index in [-0.39, 0.29) is 6.61 Å². The number of aromatic nitrogens is 1. The number of fused-ring (bicyclic) bond motifs is 3. The molecule has 0 saturated heterocycles. The van der Waals surface area contributed by atoms with Crippen molar-refractivity contribution in [2.24, 2.45) is 0 Å². The van der Waals surface area contributed by atoms with Gasteiger partial charge in [-0.3, -0.25) is 0 Å². The number of rotatable bonds is 3. The highest BCUT2D eigenvalue weighted by Gasteiger charge is 2.25. The molecule has 0 radical (unpaired) electrons. The van der Waals surface area contributed by atoms with Gasteiger partial charge in [0.05, 0.1) is 28.0 Å². The van der Waals surface area contributed by atoms with Crippen molar-refractivity contribution in [2.75, 3.05) is 13.2 Å². The number of ether oxygens (including phenoxy) is 2. The van der Waals surface area contributed by atoms with Crippen LogP contribution in [0.15, 0.2) is 54.6 Å². The Labute approximate surface area is 161 Å². The molecule has 0 saturated carbocycles. The SMILES string of the molecule is N#CCOc1c(Cl)cc(-c2ccccc2)c2c1c1cccc3c1n2CCO3. The first-order valence-corrected chi connectivity index (χ1v) is 9.13. The molecule has 0 N–H and O–H groups in total. The van der Waals surface area contributed by atoms with Gasteiger partial charge in [0.15, 0.2) is 6.61 Å². The summed E-state index contributed by atoms with van der Waals surface area (Å²) in [5.74, 6) is 1.41. The van der Waals surface area contributed by atoms with Crippen molar-refractivity contribution in [3.8, 4) is 28.7 Å². The third-order valence-corrected chi connectivity index (χ3v) is 5.23. The van der Waals surface area contributed by atoms with Gasteiger partial charge in [-0.15, -0.1) is 0 Å². The van der Waals surface area contributed by atoms with Crippen LogP contribution in [0.4, 0.5) is 0 Å². The quantitative estimate of drug-likeness (QED) is 0.481. The van der Waals surface area contributed by atoms with Crippen LogP contribution in [0.2, 0.25) is 5.02 Å². The Kier molecular flexibility index (Phi) is 3.70. The summed E-state index contributed by atoms with van der Waals surface area (Å²) in [4.78, 5) is 0. The average Bonchev–Trinajstić information content (AvgIpc) is 3.04. The fourth-order valence-corrected chi connectivity index (χ4v) is 4.20. The molecular weight excluding hydrogens is 360 g/mol. The van der Waals surface area contributed by atoms with Gasteiger partial charge >= 0.3 is 0 Å². The minimum Gasteiger partial charge on any atom is -0.490 e. The van der Waals surface area contributed by atoms with Crippen molar-refractivity contribution in [3.63, 3.8) is 0 Å². The van der Waals surface area contributed by atoms with Gasteiger partial charge < -0.3 is 14.0 Å². The molecule has 4 aromatic rings. The Morgan fingerprint density at radius 1 is 1.11 bits per heavy atom. The lowest BCUT2D eigenvalue weighted by molar-refractivity contribution is 0.289. The molecular formula is C22H15ClN2O2. The summed E-state index contributed by atoms with van der Waals surface area (Å²) in [6.45, 7) is 1.31. The lowest BCUT2D eigenvalue weighted by Crippen LogP contribution is -2.14. The summed E-state index contributed by atoms with van der Waals surface area (Å²) in [7, 11) is 0. The molecule has 0 atom stereocenters. The van der Waals surface area contributed by atoms with Crippen molar-refractivity contribution in [1.82, 2.24) is 4.57 Å². The standard InChI is InChI=1S/C22H15ClN2O2/c23-17-13-16(14-5-2-1-3-6-14)21-19(22(17)27-11-9-24)15-7-4-8-18-20(15)25(21)10-12-26-18/h1-8,13H,10-12H2. The van der Waals surface area contributed by atoms with Gasteiger partial charge in [0, 0.05) is 10.9 Å². The van der Waals surface area contributed by atoms with Crippen LogP contribution < -0.4 is 9.47 Å². The molecule has 3 aromatic carbocycles.